The Morgan fingerprint density at radius 3 is 2.41 bits per heavy atom. The van der Waals surface area contributed by atoms with E-state index in [9.17, 15) is 4.79 Å². The van der Waals surface area contributed by atoms with E-state index in [4.69, 9.17) is 4.98 Å². The first-order chi connectivity index (χ1) is 15.4. The van der Waals surface area contributed by atoms with Crippen molar-refractivity contribution >= 4 is 51.1 Å². The second-order valence-electron chi connectivity index (χ2n) is 8.17. The predicted molar refractivity (Wildman–Crippen MR) is 129 cm³/mol. The Bertz CT molecular complexity index is 1150. The number of carbonyl (C=O) groups excluding carboxylic acids is 1. The van der Waals surface area contributed by atoms with Crippen molar-refractivity contribution in [1.29, 1.82) is 0 Å². The summed E-state index contributed by atoms with van der Waals surface area (Å²) < 4.78 is 0. The molecule has 9 nitrogen and oxygen atoms in total. The highest BCUT2D eigenvalue weighted by atomic mass is 32.1. The molecule has 32 heavy (non-hydrogen) atoms. The van der Waals surface area contributed by atoms with E-state index in [1.165, 1.54) is 17.0 Å². The predicted octanol–water partition coefficient (Wildman–Crippen LogP) is 3.09. The number of anilines is 6. The molecule has 0 atom stereocenters. The number of rotatable bonds is 3. The van der Waals surface area contributed by atoms with Gasteiger partial charge in [0.2, 0.25) is 5.95 Å². The first-order valence-corrected chi connectivity index (χ1v) is 11.4. The average molecular weight is 451 g/mol. The number of carbonyl (C=O) groups is 1. The van der Waals surface area contributed by atoms with Crippen molar-refractivity contribution in [1.82, 2.24) is 19.9 Å². The third-order valence-corrected chi connectivity index (χ3v) is 7.00. The second kappa shape index (κ2) is 8.03. The number of aryl methyl sites for hydroxylation is 1. The molecule has 0 unspecified atom stereocenters. The minimum atomic E-state index is -0.154. The zero-order valence-corrected chi connectivity index (χ0v) is 19.5. The Labute approximate surface area is 191 Å². The molecule has 0 radical (unpaired) electrons. The number of amides is 1. The maximum atomic E-state index is 12.9. The molecule has 0 spiro atoms. The molecular formula is C22H26N8OS. The van der Waals surface area contributed by atoms with Crippen LogP contribution in [0, 0.1) is 6.92 Å². The molecule has 2 aliphatic heterocycles. The summed E-state index contributed by atoms with van der Waals surface area (Å²) in [5.41, 5.74) is 3.23. The lowest BCUT2D eigenvalue weighted by Crippen LogP contribution is -2.44. The van der Waals surface area contributed by atoms with E-state index < -0.39 is 0 Å². The number of piperazine rings is 1. The lowest BCUT2D eigenvalue weighted by atomic mass is 10.2. The molecular weight excluding hydrogens is 424 g/mol. The minimum Gasteiger partial charge on any atom is -0.369 e. The number of nitrogens with zero attached hydrogens (tertiary/aromatic N) is 7. The first-order valence-electron chi connectivity index (χ1n) is 10.6. The van der Waals surface area contributed by atoms with E-state index in [1.807, 2.05) is 31.0 Å². The zero-order chi connectivity index (χ0) is 22.4. The quantitative estimate of drug-likeness (QED) is 0.652. The molecule has 0 bridgehead atoms. The fourth-order valence-corrected chi connectivity index (χ4v) is 4.88. The van der Waals surface area contributed by atoms with Crippen molar-refractivity contribution in [3.63, 3.8) is 0 Å². The molecule has 166 valence electrons. The molecule has 3 aromatic rings. The van der Waals surface area contributed by atoms with Crippen LogP contribution in [0.25, 0.3) is 0 Å². The van der Waals surface area contributed by atoms with Crippen LogP contribution in [0.1, 0.15) is 15.5 Å². The summed E-state index contributed by atoms with van der Waals surface area (Å²) in [4.78, 5) is 34.7. The number of hydrogen-bond donors (Lipinski definition) is 1. The fraction of sp³-hybridized carbons (Fsp3) is 0.364. The number of thiazole rings is 1. The summed E-state index contributed by atoms with van der Waals surface area (Å²) in [5, 5.41) is 4.93. The van der Waals surface area contributed by atoms with Crippen molar-refractivity contribution in [2.45, 2.75) is 6.92 Å². The van der Waals surface area contributed by atoms with Gasteiger partial charge in [0.05, 0.1) is 11.2 Å². The van der Waals surface area contributed by atoms with E-state index in [1.54, 1.807) is 18.1 Å². The normalized spacial score (nSPS) is 16.6. The lowest BCUT2D eigenvalue weighted by molar-refractivity contribution is 0.0990. The Kier molecular flexibility index (Phi) is 5.18. The van der Waals surface area contributed by atoms with E-state index >= 15 is 0 Å². The van der Waals surface area contributed by atoms with Gasteiger partial charge in [-0.1, -0.05) is 0 Å². The number of aromatic nitrogens is 3. The van der Waals surface area contributed by atoms with Gasteiger partial charge in [-0.2, -0.15) is 4.98 Å². The van der Waals surface area contributed by atoms with E-state index in [0.29, 0.717) is 23.1 Å². The summed E-state index contributed by atoms with van der Waals surface area (Å²) in [6.45, 7) is 6.13. The van der Waals surface area contributed by atoms with Gasteiger partial charge in [-0.05, 0) is 38.2 Å². The Hall–Kier alpha value is -3.24. The Morgan fingerprint density at radius 2 is 1.69 bits per heavy atom. The van der Waals surface area contributed by atoms with Crippen LogP contribution in [0.2, 0.25) is 0 Å². The molecule has 0 saturated carbocycles. The number of benzene rings is 1. The SMILES string of the molecule is Cc1nc2c(s1)N(C)c1nc(Nc3ccc(N4CCN(C)CC4)cc3)ncc1N(C)C2=O. The molecule has 1 N–H and O–H groups in total. The zero-order valence-electron chi connectivity index (χ0n) is 18.7. The summed E-state index contributed by atoms with van der Waals surface area (Å²) in [7, 11) is 5.79. The molecule has 4 heterocycles. The minimum absolute atomic E-state index is 0.154. The van der Waals surface area contributed by atoms with Gasteiger partial charge in [-0.15, -0.1) is 11.3 Å². The van der Waals surface area contributed by atoms with Crippen LogP contribution in [0.5, 0.6) is 0 Å². The van der Waals surface area contributed by atoms with Gasteiger partial charge in [0.1, 0.15) is 10.7 Å². The maximum Gasteiger partial charge on any atom is 0.279 e. The van der Waals surface area contributed by atoms with Gasteiger partial charge >= 0.3 is 0 Å². The van der Waals surface area contributed by atoms with Crippen molar-refractivity contribution < 1.29 is 4.79 Å². The third kappa shape index (κ3) is 3.65. The smallest absolute Gasteiger partial charge is 0.279 e. The van der Waals surface area contributed by atoms with Crippen LogP contribution in [-0.4, -0.2) is 73.1 Å². The first kappa shape index (κ1) is 20.7. The van der Waals surface area contributed by atoms with Crippen molar-refractivity contribution in [2.24, 2.45) is 0 Å². The molecule has 10 heteroatoms. The topological polar surface area (TPSA) is 80.7 Å². The number of hydrogen-bond acceptors (Lipinski definition) is 9. The molecule has 1 amide bonds. The fourth-order valence-electron chi connectivity index (χ4n) is 4.01. The van der Waals surface area contributed by atoms with Gasteiger partial charge in [0.15, 0.2) is 11.5 Å². The van der Waals surface area contributed by atoms with Gasteiger partial charge in [0.25, 0.3) is 5.91 Å². The molecule has 1 fully saturated rings. The van der Waals surface area contributed by atoms with Crippen LogP contribution in [0.15, 0.2) is 30.5 Å². The summed E-state index contributed by atoms with van der Waals surface area (Å²) in [5.74, 6) is 0.988. The van der Waals surface area contributed by atoms with Crippen molar-refractivity contribution in [3.8, 4) is 0 Å². The third-order valence-electron chi connectivity index (χ3n) is 5.95. The highest BCUT2D eigenvalue weighted by Gasteiger charge is 2.32. The van der Waals surface area contributed by atoms with Crippen LogP contribution in [-0.2, 0) is 0 Å². The van der Waals surface area contributed by atoms with Gasteiger partial charge < -0.3 is 24.9 Å². The molecule has 2 aromatic heterocycles. The average Bonchev–Trinajstić information content (AvgIpc) is 3.17. The summed E-state index contributed by atoms with van der Waals surface area (Å²) in [6, 6.07) is 8.35. The summed E-state index contributed by atoms with van der Waals surface area (Å²) >= 11 is 1.48. The highest BCUT2D eigenvalue weighted by molar-refractivity contribution is 7.16. The maximum absolute atomic E-state index is 12.9. The van der Waals surface area contributed by atoms with Gasteiger partial charge in [-0.3, -0.25) is 4.79 Å². The van der Waals surface area contributed by atoms with Crippen LogP contribution >= 0.6 is 11.3 Å². The Balaban J connectivity index is 1.39. The summed E-state index contributed by atoms with van der Waals surface area (Å²) in [6.07, 6.45) is 1.68. The Morgan fingerprint density at radius 1 is 0.969 bits per heavy atom. The van der Waals surface area contributed by atoms with Crippen LogP contribution < -0.4 is 20.0 Å². The van der Waals surface area contributed by atoms with Crippen molar-refractivity contribution in [2.75, 3.05) is 67.3 Å². The van der Waals surface area contributed by atoms with Crippen LogP contribution in [0.4, 0.5) is 33.8 Å². The lowest BCUT2D eigenvalue weighted by Gasteiger charge is -2.34. The molecule has 5 rings (SSSR count). The van der Waals surface area contributed by atoms with E-state index in [-0.39, 0.29) is 5.91 Å². The highest BCUT2D eigenvalue weighted by Crippen LogP contribution is 2.40. The number of nitrogens with one attached hydrogen (secondary N) is 1. The molecule has 0 aliphatic carbocycles. The van der Waals surface area contributed by atoms with Crippen LogP contribution in [0.3, 0.4) is 0 Å². The molecule has 2 aliphatic rings. The largest absolute Gasteiger partial charge is 0.369 e. The van der Waals surface area contributed by atoms with Gasteiger partial charge in [-0.25, -0.2) is 9.97 Å². The number of likely N-dealkylation sites (N-methyl/N-ethyl adjacent to an activating group) is 1. The second-order valence-corrected chi connectivity index (χ2v) is 9.36. The van der Waals surface area contributed by atoms with E-state index in [2.05, 4.69) is 44.3 Å². The monoisotopic (exact) mass is 450 g/mol. The molecule has 1 aromatic carbocycles. The standard InChI is InChI=1S/C22H26N8OS/c1-14-24-18-20(31)28(3)17-13-23-22(26-19(17)29(4)21(18)32-14)25-15-5-7-16(8-6-15)30-11-9-27(2)10-12-30/h5-8,13H,9-12H2,1-4H3,(H,23,25,26). The number of fused-ring (bicyclic) bond motifs is 2. The van der Waals surface area contributed by atoms with Gasteiger partial charge in [0, 0.05) is 51.6 Å². The van der Waals surface area contributed by atoms with E-state index in [0.717, 1.165) is 41.9 Å². The molecule has 1 saturated heterocycles. The van der Waals surface area contributed by atoms with Crippen molar-refractivity contribution in [3.05, 3.63) is 41.2 Å².